The van der Waals surface area contributed by atoms with Crippen molar-refractivity contribution in [3.63, 3.8) is 0 Å². The van der Waals surface area contributed by atoms with Gasteiger partial charge >= 0.3 is 0 Å². The zero-order valence-corrected chi connectivity index (χ0v) is 9.21. The molecule has 0 radical (unpaired) electrons. The molecule has 2 aromatic heterocycles. The third kappa shape index (κ3) is 2.31. The molecule has 0 unspecified atom stereocenters. The smallest absolute Gasteiger partial charge is 0.204 e. The summed E-state index contributed by atoms with van der Waals surface area (Å²) in [5.41, 5.74) is 1.81. The summed E-state index contributed by atoms with van der Waals surface area (Å²) in [6.45, 7) is 1.88. The van der Waals surface area contributed by atoms with Crippen LogP contribution in [0.4, 0.5) is 0 Å². The topological polar surface area (TPSA) is 60.7 Å². The van der Waals surface area contributed by atoms with Gasteiger partial charge in [-0.3, -0.25) is 9.48 Å². The van der Waals surface area contributed by atoms with Crippen LogP contribution in [0.5, 0.6) is 0 Å². The van der Waals surface area contributed by atoms with E-state index in [1.807, 2.05) is 20.2 Å². The molecule has 16 heavy (non-hydrogen) atoms. The number of carbonyl (C=O) groups excluding carboxylic acids is 1. The molecule has 0 bridgehead atoms. The highest BCUT2D eigenvalue weighted by Gasteiger charge is 2.10. The van der Waals surface area contributed by atoms with Crippen LogP contribution < -0.4 is 0 Å². The molecule has 0 aliphatic rings. The molecule has 2 aromatic rings. The third-order valence-corrected chi connectivity index (χ3v) is 2.15. The van der Waals surface area contributed by atoms with Crippen LogP contribution in [-0.4, -0.2) is 25.5 Å². The fourth-order valence-electron chi connectivity index (χ4n) is 1.36. The largest absolute Gasteiger partial charge is 0.290 e. The van der Waals surface area contributed by atoms with Crippen molar-refractivity contribution in [3.8, 4) is 0 Å². The molecular formula is C11H12N4O. The van der Waals surface area contributed by atoms with E-state index in [9.17, 15) is 4.79 Å². The Morgan fingerprint density at radius 2 is 2.00 bits per heavy atom. The summed E-state index contributed by atoms with van der Waals surface area (Å²) < 4.78 is 1.67. The van der Waals surface area contributed by atoms with Crippen molar-refractivity contribution in [1.29, 1.82) is 0 Å². The number of nitrogens with zero attached hydrogens (tertiary/aromatic N) is 4. The Morgan fingerprint density at radius 3 is 2.56 bits per heavy atom. The van der Waals surface area contributed by atoms with E-state index in [4.69, 9.17) is 0 Å². The molecule has 0 saturated carbocycles. The van der Waals surface area contributed by atoms with Gasteiger partial charge in [0.25, 0.3) is 0 Å². The molecule has 2 rings (SSSR count). The molecule has 0 aliphatic heterocycles. The van der Waals surface area contributed by atoms with Crippen molar-refractivity contribution in [2.75, 3.05) is 0 Å². The molecule has 0 aliphatic carbocycles. The van der Waals surface area contributed by atoms with Gasteiger partial charge in [0.2, 0.25) is 5.78 Å². The Hall–Kier alpha value is -2.04. The molecule has 0 N–H and O–H groups in total. The molecule has 0 atom stereocenters. The predicted molar refractivity (Wildman–Crippen MR) is 58.0 cm³/mol. The van der Waals surface area contributed by atoms with Crippen LogP contribution in [0.3, 0.4) is 0 Å². The van der Waals surface area contributed by atoms with E-state index >= 15 is 0 Å². The first-order valence-corrected chi connectivity index (χ1v) is 4.94. The second-order valence-corrected chi connectivity index (χ2v) is 3.71. The number of carbonyl (C=O) groups is 1. The average molecular weight is 216 g/mol. The first kappa shape index (κ1) is 10.5. The maximum Gasteiger partial charge on any atom is 0.204 e. The standard InChI is InChI=1S/C11H12N4O/c1-8-4-12-11(13-5-8)10(16)3-9-6-14-15(2)7-9/h4-7H,3H2,1-2H3. The van der Waals surface area contributed by atoms with Crippen LogP contribution in [0.25, 0.3) is 0 Å². The Labute approximate surface area is 93.2 Å². The van der Waals surface area contributed by atoms with E-state index in [-0.39, 0.29) is 18.0 Å². The summed E-state index contributed by atoms with van der Waals surface area (Å²) in [4.78, 5) is 19.8. The zero-order chi connectivity index (χ0) is 11.5. The Bertz CT molecular complexity index is 501. The van der Waals surface area contributed by atoms with Crippen molar-refractivity contribution < 1.29 is 4.79 Å². The molecule has 0 saturated heterocycles. The van der Waals surface area contributed by atoms with Crippen molar-refractivity contribution in [2.45, 2.75) is 13.3 Å². The molecule has 0 amide bonds. The number of aryl methyl sites for hydroxylation is 2. The molecule has 5 heteroatoms. The lowest BCUT2D eigenvalue weighted by Crippen LogP contribution is -2.08. The van der Waals surface area contributed by atoms with Crippen LogP contribution in [0.1, 0.15) is 21.7 Å². The van der Waals surface area contributed by atoms with E-state index in [0.29, 0.717) is 0 Å². The van der Waals surface area contributed by atoms with Gasteiger partial charge in [-0.15, -0.1) is 0 Å². The van der Waals surface area contributed by atoms with E-state index in [2.05, 4.69) is 15.1 Å². The summed E-state index contributed by atoms with van der Waals surface area (Å²) in [5, 5.41) is 4.00. The second kappa shape index (κ2) is 4.22. The summed E-state index contributed by atoms with van der Waals surface area (Å²) in [5.74, 6) is 0.169. The van der Waals surface area contributed by atoms with Crippen LogP contribution in [-0.2, 0) is 13.5 Å². The molecule has 2 heterocycles. The SMILES string of the molecule is Cc1cnc(C(=O)Cc2cnn(C)c2)nc1. The van der Waals surface area contributed by atoms with Crippen molar-refractivity contribution in [1.82, 2.24) is 19.7 Å². The highest BCUT2D eigenvalue weighted by Crippen LogP contribution is 2.03. The molecular weight excluding hydrogens is 204 g/mol. The van der Waals surface area contributed by atoms with Crippen molar-refractivity contribution in [3.05, 3.63) is 41.7 Å². The van der Waals surface area contributed by atoms with Crippen LogP contribution in [0.2, 0.25) is 0 Å². The maximum absolute atomic E-state index is 11.8. The minimum Gasteiger partial charge on any atom is -0.290 e. The lowest BCUT2D eigenvalue weighted by atomic mass is 10.2. The molecule has 0 fully saturated rings. The van der Waals surface area contributed by atoms with Gasteiger partial charge in [-0.25, -0.2) is 9.97 Å². The summed E-state index contributed by atoms with van der Waals surface area (Å²) in [7, 11) is 1.82. The number of hydrogen-bond acceptors (Lipinski definition) is 4. The van der Waals surface area contributed by atoms with E-state index in [1.165, 1.54) is 0 Å². The van der Waals surface area contributed by atoms with Gasteiger partial charge in [0.1, 0.15) is 0 Å². The van der Waals surface area contributed by atoms with Crippen LogP contribution in [0, 0.1) is 6.92 Å². The number of Topliss-reactive ketones (excluding diaryl/α,β-unsaturated/α-hetero) is 1. The summed E-state index contributed by atoms with van der Waals surface area (Å²) in [6, 6.07) is 0. The minimum atomic E-state index is -0.0898. The molecule has 82 valence electrons. The third-order valence-electron chi connectivity index (χ3n) is 2.15. The van der Waals surface area contributed by atoms with Crippen LogP contribution in [0.15, 0.2) is 24.8 Å². The lowest BCUT2D eigenvalue weighted by Gasteiger charge is -1.97. The lowest BCUT2D eigenvalue weighted by molar-refractivity contribution is 0.0983. The van der Waals surface area contributed by atoms with Gasteiger partial charge in [-0.05, 0) is 18.1 Å². The first-order valence-electron chi connectivity index (χ1n) is 4.94. The van der Waals surface area contributed by atoms with Gasteiger partial charge in [0, 0.05) is 32.1 Å². The average Bonchev–Trinajstić information content (AvgIpc) is 2.65. The van der Waals surface area contributed by atoms with Gasteiger partial charge in [0.05, 0.1) is 6.20 Å². The molecule has 0 aromatic carbocycles. The second-order valence-electron chi connectivity index (χ2n) is 3.71. The highest BCUT2D eigenvalue weighted by atomic mass is 16.1. The van der Waals surface area contributed by atoms with Gasteiger partial charge in [-0.2, -0.15) is 5.10 Å². The number of rotatable bonds is 3. The van der Waals surface area contributed by atoms with Gasteiger partial charge in [0.15, 0.2) is 5.82 Å². The monoisotopic (exact) mass is 216 g/mol. The first-order chi connectivity index (χ1) is 7.65. The Morgan fingerprint density at radius 1 is 1.31 bits per heavy atom. The number of ketones is 1. The molecule has 0 spiro atoms. The van der Waals surface area contributed by atoms with Gasteiger partial charge in [-0.1, -0.05) is 0 Å². The summed E-state index contributed by atoms with van der Waals surface area (Å²) in [6.07, 6.45) is 7.06. The Balaban J connectivity index is 2.11. The van der Waals surface area contributed by atoms with E-state index < -0.39 is 0 Å². The van der Waals surface area contributed by atoms with Gasteiger partial charge < -0.3 is 0 Å². The highest BCUT2D eigenvalue weighted by molar-refractivity contribution is 5.93. The molecule has 5 nitrogen and oxygen atoms in total. The zero-order valence-electron chi connectivity index (χ0n) is 9.21. The van der Waals surface area contributed by atoms with E-state index in [1.54, 1.807) is 23.3 Å². The van der Waals surface area contributed by atoms with Crippen molar-refractivity contribution >= 4 is 5.78 Å². The fourth-order valence-corrected chi connectivity index (χ4v) is 1.36. The minimum absolute atomic E-state index is 0.0898. The predicted octanol–water partition coefficient (Wildman–Crippen LogP) is 0.944. The summed E-state index contributed by atoms with van der Waals surface area (Å²) >= 11 is 0. The number of aromatic nitrogens is 4. The normalized spacial score (nSPS) is 10.4. The maximum atomic E-state index is 11.8. The quantitative estimate of drug-likeness (QED) is 0.716. The Kier molecular flexibility index (Phi) is 2.76. The number of hydrogen-bond donors (Lipinski definition) is 0. The van der Waals surface area contributed by atoms with E-state index in [0.717, 1.165) is 11.1 Å². The van der Waals surface area contributed by atoms with Crippen LogP contribution >= 0.6 is 0 Å². The fraction of sp³-hybridized carbons (Fsp3) is 0.273. The van der Waals surface area contributed by atoms with Crippen molar-refractivity contribution in [2.24, 2.45) is 7.05 Å².